The van der Waals surface area contributed by atoms with Crippen molar-refractivity contribution in [1.29, 1.82) is 0 Å². The van der Waals surface area contributed by atoms with Gasteiger partial charge in [0.1, 0.15) is 5.84 Å². The molecule has 2 fully saturated rings. The van der Waals surface area contributed by atoms with E-state index in [1.165, 1.54) is 19.1 Å². The van der Waals surface area contributed by atoms with Crippen LogP contribution in [0.5, 0.6) is 0 Å². The fourth-order valence-corrected chi connectivity index (χ4v) is 5.73. The number of aliphatic imine (C=N–C) groups is 1. The minimum Gasteiger partial charge on any atom is -0.378 e. The van der Waals surface area contributed by atoms with Gasteiger partial charge in [0.05, 0.1) is 24.7 Å². The number of carbonyl (C=O) groups is 1. The van der Waals surface area contributed by atoms with Gasteiger partial charge in [-0.3, -0.25) is 14.7 Å². The number of likely N-dealkylation sites (tertiary alicyclic amines) is 1. The molecule has 1 amide bonds. The van der Waals surface area contributed by atoms with Crippen LogP contribution in [-0.2, 0) is 23.1 Å². The summed E-state index contributed by atoms with van der Waals surface area (Å²) in [6.45, 7) is 12.4. The molecule has 0 spiro atoms. The number of nitrogens with one attached hydrogen (secondary N) is 1. The van der Waals surface area contributed by atoms with Gasteiger partial charge in [0.25, 0.3) is 17.1 Å². The second-order valence-electron chi connectivity index (χ2n) is 10.3. The number of allylic oxidation sites excluding steroid dienone is 1. The SMILES string of the molecule is CCN(CC)CCOCCN=C1NC(=O)SC1=CC1CCN(Cc2ccc(C(F)(F)CC)cc2C(C)(F)F)CC1. The number of rotatable bonds is 14. The first-order valence-electron chi connectivity index (χ1n) is 14.1. The van der Waals surface area contributed by atoms with Gasteiger partial charge in [0, 0.05) is 37.6 Å². The Morgan fingerprint density at radius 2 is 1.85 bits per heavy atom. The number of hydrogen-bond acceptors (Lipinski definition) is 6. The van der Waals surface area contributed by atoms with Crippen LogP contribution in [0, 0.1) is 5.92 Å². The fraction of sp³-hybridized carbons (Fsp3) is 0.655. The predicted octanol–water partition coefficient (Wildman–Crippen LogP) is 6.61. The monoisotopic (exact) mass is 586 g/mol. The Hall–Kier alpha value is -1.95. The zero-order valence-electron chi connectivity index (χ0n) is 24.0. The number of hydrogen-bond donors (Lipinski definition) is 1. The van der Waals surface area contributed by atoms with Crippen molar-refractivity contribution in [2.45, 2.75) is 65.3 Å². The summed E-state index contributed by atoms with van der Waals surface area (Å²) in [5, 5.41) is 2.65. The molecular formula is C29H42F4N4O2S. The van der Waals surface area contributed by atoms with Crippen molar-refractivity contribution in [2.75, 3.05) is 52.5 Å². The quantitative estimate of drug-likeness (QED) is 0.196. The zero-order chi connectivity index (χ0) is 29.3. The molecule has 0 atom stereocenters. The molecule has 0 saturated carbocycles. The van der Waals surface area contributed by atoms with E-state index >= 15 is 0 Å². The number of likely N-dealkylation sites (N-methyl/N-ethyl adjacent to an activating group) is 1. The van der Waals surface area contributed by atoms with Gasteiger partial charge in [-0.25, -0.2) is 17.6 Å². The van der Waals surface area contributed by atoms with Gasteiger partial charge in [0.15, 0.2) is 0 Å². The van der Waals surface area contributed by atoms with Crippen LogP contribution in [0.1, 0.15) is 63.6 Å². The lowest BCUT2D eigenvalue weighted by molar-refractivity contribution is -0.0102. The van der Waals surface area contributed by atoms with E-state index in [9.17, 15) is 22.4 Å². The van der Waals surface area contributed by atoms with Crippen LogP contribution in [0.15, 0.2) is 34.2 Å². The van der Waals surface area contributed by atoms with Crippen molar-refractivity contribution >= 4 is 22.8 Å². The topological polar surface area (TPSA) is 57.2 Å². The molecule has 11 heteroatoms. The number of alkyl halides is 4. The molecule has 0 aromatic heterocycles. The number of benzene rings is 1. The average molecular weight is 587 g/mol. The highest BCUT2D eigenvalue weighted by Crippen LogP contribution is 2.38. The third kappa shape index (κ3) is 9.29. The second-order valence-corrected chi connectivity index (χ2v) is 11.4. The molecule has 3 rings (SSSR count). The van der Waals surface area contributed by atoms with Crippen LogP contribution < -0.4 is 5.32 Å². The minimum atomic E-state index is -3.22. The van der Waals surface area contributed by atoms with E-state index in [0.29, 0.717) is 44.2 Å². The van der Waals surface area contributed by atoms with Crippen molar-refractivity contribution < 1.29 is 27.1 Å². The molecule has 0 bridgehead atoms. The number of nitrogens with zero attached hydrogens (tertiary/aromatic N) is 3. The van der Waals surface area contributed by atoms with Crippen molar-refractivity contribution in [3.63, 3.8) is 0 Å². The Kier molecular flexibility index (Phi) is 12.0. The van der Waals surface area contributed by atoms with E-state index in [1.807, 2.05) is 0 Å². The molecule has 40 heavy (non-hydrogen) atoms. The van der Waals surface area contributed by atoms with E-state index < -0.39 is 18.3 Å². The van der Waals surface area contributed by atoms with Gasteiger partial charge in [-0.15, -0.1) is 0 Å². The Labute approximate surface area is 239 Å². The predicted molar refractivity (Wildman–Crippen MR) is 153 cm³/mol. The fourth-order valence-electron chi connectivity index (χ4n) is 4.91. The van der Waals surface area contributed by atoms with Crippen LogP contribution >= 0.6 is 11.8 Å². The van der Waals surface area contributed by atoms with Gasteiger partial charge < -0.3 is 15.0 Å². The van der Waals surface area contributed by atoms with E-state index in [1.54, 1.807) is 0 Å². The minimum absolute atomic E-state index is 0.157. The average Bonchev–Trinajstić information content (AvgIpc) is 3.27. The zero-order valence-corrected chi connectivity index (χ0v) is 24.8. The number of piperidine rings is 1. The van der Waals surface area contributed by atoms with Crippen LogP contribution in [0.4, 0.5) is 22.4 Å². The number of ether oxygens (including phenoxy) is 1. The molecule has 0 radical (unpaired) electrons. The van der Waals surface area contributed by atoms with Gasteiger partial charge >= 0.3 is 0 Å². The first-order chi connectivity index (χ1) is 19.0. The van der Waals surface area contributed by atoms with E-state index in [-0.39, 0.29) is 28.8 Å². The lowest BCUT2D eigenvalue weighted by Crippen LogP contribution is -2.33. The maximum Gasteiger partial charge on any atom is 0.289 e. The molecule has 2 heterocycles. The van der Waals surface area contributed by atoms with Crippen molar-refractivity contribution in [3.05, 3.63) is 45.9 Å². The molecule has 2 aliphatic rings. The summed E-state index contributed by atoms with van der Waals surface area (Å²) < 4.78 is 62.8. The normalized spacial score (nSPS) is 19.8. The maximum absolute atomic E-state index is 14.4. The molecule has 2 saturated heterocycles. The van der Waals surface area contributed by atoms with E-state index in [4.69, 9.17) is 4.74 Å². The number of amidine groups is 1. The van der Waals surface area contributed by atoms with Crippen LogP contribution in [0.2, 0.25) is 0 Å². The highest BCUT2D eigenvalue weighted by molar-refractivity contribution is 8.18. The summed E-state index contributed by atoms with van der Waals surface area (Å²) in [6, 6.07) is 3.65. The summed E-state index contributed by atoms with van der Waals surface area (Å²) in [7, 11) is 0. The Morgan fingerprint density at radius 1 is 1.15 bits per heavy atom. The van der Waals surface area contributed by atoms with E-state index in [0.717, 1.165) is 62.1 Å². The lowest BCUT2D eigenvalue weighted by atomic mass is 9.93. The van der Waals surface area contributed by atoms with Crippen molar-refractivity contribution in [2.24, 2.45) is 10.9 Å². The molecule has 224 valence electrons. The first kappa shape index (κ1) is 32.6. The Bertz CT molecular complexity index is 1050. The van der Waals surface area contributed by atoms with Gasteiger partial charge in [-0.1, -0.05) is 39.0 Å². The number of thioether (sulfide) groups is 1. The molecular weight excluding hydrogens is 544 g/mol. The standard InChI is InChI=1S/C29H42F4N4O2S/c1-5-29(32,33)23-9-8-22(24(19-23)28(4,30)31)20-37-13-10-21(11-14-37)18-25-26(35-27(38)40-25)34-12-16-39-17-15-36(6-2)7-3/h8-9,18-19,21H,5-7,10-17,20H2,1-4H3,(H,34,35,38). The molecule has 0 aliphatic carbocycles. The highest BCUT2D eigenvalue weighted by atomic mass is 32.2. The summed E-state index contributed by atoms with van der Waals surface area (Å²) in [6.07, 6.45) is 3.22. The van der Waals surface area contributed by atoms with Crippen molar-refractivity contribution in [1.82, 2.24) is 15.1 Å². The lowest BCUT2D eigenvalue weighted by Gasteiger charge is -2.32. The first-order valence-corrected chi connectivity index (χ1v) is 15.0. The smallest absolute Gasteiger partial charge is 0.289 e. The van der Waals surface area contributed by atoms with E-state index in [2.05, 4.69) is 40.0 Å². The third-order valence-electron chi connectivity index (χ3n) is 7.47. The largest absolute Gasteiger partial charge is 0.378 e. The maximum atomic E-state index is 14.4. The van der Waals surface area contributed by atoms with Crippen LogP contribution in [-0.4, -0.2) is 73.4 Å². The van der Waals surface area contributed by atoms with Gasteiger partial charge in [0.2, 0.25) is 0 Å². The van der Waals surface area contributed by atoms with Crippen molar-refractivity contribution in [3.8, 4) is 0 Å². The number of carbonyl (C=O) groups excluding carboxylic acids is 1. The number of halogens is 4. The molecule has 1 aromatic rings. The highest BCUT2D eigenvalue weighted by Gasteiger charge is 2.35. The summed E-state index contributed by atoms with van der Waals surface area (Å²) in [5.74, 6) is -5.56. The third-order valence-corrected chi connectivity index (χ3v) is 8.31. The summed E-state index contributed by atoms with van der Waals surface area (Å²) >= 11 is 1.13. The molecule has 2 aliphatic heterocycles. The molecule has 6 nitrogen and oxygen atoms in total. The summed E-state index contributed by atoms with van der Waals surface area (Å²) in [5.41, 5.74) is -0.344. The molecule has 0 unspecified atom stereocenters. The number of amides is 1. The van der Waals surface area contributed by atoms with Crippen LogP contribution in [0.25, 0.3) is 0 Å². The van der Waals surface area contributed by atoms with Gasteiger partial charge in [-0.2, -0.15) is 0 Å². The second kappa shape index (κ2) is 14.8. The Morgan fingerprint density at radius 3 is 2.48 bits per heavy atom. The molecule has 1 N–H and O–H groups in total. The van der Waals surface area contributed by atoms with Crippen LogP contribution in [0.3, 0.4) is 0 Å². The Balaban J connectivity index is 1.55. The molecule has 1 aromatic carbocycles. The summed E-state index contributed by atoms with van der Waals surface area (Å²) in [4.78, 5) is 21.7. The van der Waals surface area contributed by atoms with Gasteiger partial charge in [-0.05, 0) is 68.3 Å².